The van der Waals surface area contributed by atoms with Crippen LogP contribution in [0.3, 0.4) is 0 Å². The summed E-state index contributed by atoms with van der Waals surface area (Å²) in [5.41, 5.74) is -0.124. The van der Waals surface area contributed by atoms with E-state index in [1.165, 1.54) is 7.11 Å². The summed E-state index contributed by atoms with van der Waals surface area (Å²) in [6.45, 7) is 3.42. The molecule has 2 rings (SSSR count). The van der Waals surface area contributed by atoms with E-state index in [4.69, 9.17) is 4.74 Å². The third-order valence-corrected chi connectivity index (χ3v) is 3.95. The monoisotopic (exact) mass is 265 g/mol. The highest BCUT2D eigenvalue weighted by Gasteiger charge is 2.42. The average molecular weight is 265 g/mol. The molecule has 1 unspecified atom stereocenters. The zero-order chi connectivity index (χ0) is 13.9. The lowest BCUT2D eigenvalue weighted by Crippen LogP contribution is -2.51. The molecular weight excluding hydrogens is 246 g/mol. The molecule has 19 heavy (non-hydrogen) atoms. The minimum Gasteiger partial charge on any atom is -0.479 e. The first-order valence-corrected chi connectivity index (χ1v) is 6.37. The van der Waals surface area contributed by atoms with Crippen LogP contribution in [0.5, 0.6) is 0 Å². The van der Waals surface area contributed by atoms with Crippen molar-refractivity contribution in [2.24, 2.45) is 0 Å². The van der Waals surface area contributed by atoms with Crippen LogP contribution in [0.15, 0.2) is 18.6 Å². The van der Waals surface area contributed by atoms with Crippen molar-refractivity contribution in [3.05, 3.63) is 24.3 Å². The average Bonchev–Trinajstić information content (AvgIpc) is 2.47. The molecule has 0 radical (unpaired) electrons. The Balaban J connectivity index is 2.02. The van der Waals surface area contributed by atoms with E-state index in [9.17, 15) is 9.90 Å². The van der Waals surface area contributed by atoms with Crippen molar-refractivity contribution in [2.45, 2.75) is 31.4 Å². The molecule has 1 aliphatic rings. The second-order valence-corrected chi connectivity index (χ2v) is 4.85. The molecule has 0 bridgehead atoms. The lowest BCUT2D eigenvalue weighted by molar-refractivity contribution is -0.168. The second-order valence-electron chi connectivity index (χ2n) is 4.85. The molecule has 0 spiro atoms. The topological polar surface area (TPSA) is 75.6 Å². The Labute approximate surface area is 112 Å². The van der Waals surface area contributed by atoms with Crippen molar-refractivity contribution in [3.8, 4) is 0 Å². The smallest absolute Gasteiger partial charge is 0.336 e. The van der Waals surface area contributed by atoms with E-state index in [-0.39, 0.29) is 6.04 Å². The maximum atomic E-state index is 11.3. The van der Waals surface area contributed by atoms with Gasteiger partial charge in [0.15, 0.2) is 5.60 Å². The molecule has 2 heterocycles. The zero-order valence-corrected chi connectivity index (χ0v) is 11.2. The fourth-order valence-corrected chi connectivity index (χ4v) is 2.49. The first-order valence-electron chi connectivity index (χ1n) is 6.37. The Morgan fingerprint density at radius 2 is 2.16 bits per heavy atom. The van der Waals surface area contributed by atoms with Gasteiger partial charge in [-0.3, -0.25) is 14.9 Å². The van der Waals surface area contributed by atoms with E-state index in [1.807, 2.05) is 0 Å². The third kappa shape index (κ3) is 2.74. The van der Waals surface area contributed by atoms with Gasteiger partial charge in [0, 0.05) is 38.8 Å². The molecule has 1 atom stereocenters. The Morgan fingerprint density at radius 3 is 2.63 bits per heavy atom. The first-order chi connectivity index (χ1) is 9.09. The minimum absolute atomic E-state index is 0.136. The van der Waals surface area contributed by atoms with Crippen molar-refractivity contribution in [1.82, 2.24) is 14.9 Å². The summed E-state index contributed by atoms with van der Waals surface area (Å²) in [6.07, 6.45) is 6.05. The van der Waals surface area contributed by atoms with Crippen LogP contribution in [-0.2, 0) is 9.53 Å². The number of hydrogen-bond acceptors (Lipinski definition) is 5. The molecule has 6 heteroatoms. The summed E-state index contributed by atoms with van der Waals surface area (Å²) in [6, 6.07) is 0.136. The lowest BCUT2D eigenvalue weighted by atomic mass is 9.90. The summed E-state index contributed by atoms with van der Waals surface area (Å²) in [5, 5.41) is 9.26. The van der Waals surface area contributed by atoms with Gasteiger partial charge >= 0.3 is 5.97 Å². The molecule has 104 valence electrons. The van der Waals surface area contributed by atoms with Gasteiger partial charge in [-0.05, 0) is 19.8 Å². The van der Waals surface area contributed by atoms with Gasteiger partial charge in [0.05, 0.1) is 11.7 Å². The van der Waals surface area contributed by atoms with Crippen molar-refractivity contribution in [3.63, 3.8) is 0 Å². The molecule has 1 saturated heterocycles. The molecule has 0 aromatic carbocycles. The number of rotatable bonds is 4. The van der Waals surface area contributed by atoms with Gasteiger partial charge in [-0.2, -0.15) is 0 Å². The third-order valence-electron chi connectivity index (χ3n) is 3.95. The van der Waals surface area contributed by atoms with Gasteiger partial charge in [-0.25, -0.2) is 4.79 Å². The van der Waals surface area contributed by atoms with Gasteiger partial charge in [-0.15, -0.1) is 0 Å². The fourth-order valence-electron chi connectivity index (χ4n) is 2.49. The minimum atomic E-state index is -1.03. The summed E-state index contributed by atoms with van der Waals surface area (Å²) >= 11 is 0. The van der Waals surface area contributed by atoms with E-state index < -0.39 is 11.6 Å². The largest absolute Gasteiger partial charge is 0.479 e. The normalized spacial score (nSPS) is 20.9. The van der Waals surface area contributed by atoms with Gasteiger partial charge in [-0.1, -0.05) is 0 Å². The van der Waals surface area contributed by atoms with Crippen LogP contribution < -0.4 is 0 Å². The lowest BCUT2D eigenvalue weighted by Gasteiger charge is -2.40. The number of piperidine rings is 1. The molecule has 1 aromatic heterocycles. The van der Waals surface area contributed by atoms with Crippen LogP contribution in [0.4, 0.5) is 0 Å². The first kappa shape index (κ1) is 13.9. The Kier molecular flexibility index (Phi) is 4.11. The summed E-state index contributed by atoms with van der Waals surface area (Å²) in [5.74, 6) is -0.873. The Morgan fingerprint density at radius 1 is 1.47 bits per heavy atom. The van der Waals surface area contributed by atoms with Crippen LogP contribution in [0.25, 0.3) is 0 Å². The van der Waals surface area contributed by atoms with Gasteiger partial charge in [0.1, 0.15) is 0 Å². The molecule has 6 nitrogen and oxygen atoms in total. The van der Waals surface area contributed by atoms with Gasteiger partial charge in [0.2, 0.25) is 0 Å². The van der Waals surface area contributed by atoms with Gasteiger partial charge < -0.3 is 9.84 Å². The maximum Gasteiger partial charge on any atom is 0.336 e. The number of carboxylic acids is 1. The Bertz CT molecular complexity index is 430. The number of carboxylic acid groups (broad SMARTS) is 1. The number of ether oxygens (including phenoxy) is 1. The number of nitrogens with zero attached hydrogens (tertiary/aromatic N) is 3. The van der Waals surface area contributed by atoms with E-state index in [1.54, 1.807) is 18.6 Å². The van der Waals surface area contributed by atoms with E-state index >= 15 is 0 Å². The summed E-state index contributed by atoms with van der Waals surface area (Å²) in [4.78, 5) is 21.9. The highest BCUT2D eigenvalue weighted by molar-refractivity contribution is 5.77. The number of likely N-dealkylation sites (tertiary alicyclic amines) is 1. The maximum absolute atomic E-state index is 11.3. The molecular formula is C13H19N3O3. The fraction of sp³-hybridized carbons (Fsp3) is 0.615. The molecule has 0 saturated carbocycles. The molecule has 1 aliphatic heterocycles. The molecule has 1 aromatic rings. The molecule has 0 amide bonds. The van der Waals surface area contributed by atoms with Crippen molar-refractivity contribution in [2.75, 3.05) is 20.2 Å². The number of hydrogen-bond donors (Lipinski definition) is 1. The van der Waals surface area contributed by atoms with E-state index in [0.29, 0.717) is 25.9 Å². The van der Waals surface area contributed by atoms with E-state index in [2.05, 4.69) is 21.8 Å². The van der Waals surface area contributed by atoms with Crippen molar-refractivity contribution >= 4 is 5.97 Å². The predicted octanol–water partition coefficient (Wildman–Crippen LogP) is 1.10. The SMILES string of the molecule is COC1(C(=O)O)CCN(C(C)c2cnccn2)CC1. The summed E-state index contributed by atoms with van der Waals surface area (Å²) < 4.78 is 5.22. The van der Waals surface area contributed by atoms with Crippen LogP contribution in [0.1, 0.15) is 31.5 Å². The van der Waals surface area contributed by atoms with Crippen LogP contribution in [-0.4, -0.2) is 51.7 Å². The van der Waals surface area contributed by atoms with E-state index in [0.717, 1.165) is 5.69 Å². The van der Waals surface area contributed by atoms with Crippen molar-refractivity contribution < 1.29 is 14.6 Å². The Hall–Kier alpha value is -1.53. The highest BCUT2D eigenvalue weighted by atomic mass is 16.5. The van der Waals surface area contributed by atoms with Crippen molar-refractivity contribution in [1.29, 1.82) is 0 Å². The molecule has 1 fully saturated rings. The van der Waals surface area contributed by atoms with Crippen LogP contribution >= 0.6 is 0 Å². The number of methoxy groups -OCH3 is 1. The number of aromatic nitrogens is 2. The summed E-state index contributed by atoms with van der Waals surface area (Å²) in [7, 11) is 1.47. The quantitative estimate of drug-likeness (QED) is 0.878. The standard InChI is InChI=1S/C13H19N3O3/c1-10(11-9-14-5-6-15-11)16-7-3-13(19-2,4-8-16)12(17)18/h5-6,9-10H,3-4,7-8H2,1-2H3,(H,17,18). The number of aliphatic carboxylic acids is 1. The number of carbonyl (C=O) groups is 1. The van der Waals surface area contributed by atoms with Crippen LogP contribution in [0, 0.1) is 0 Å². The second kappa shape index (κ2) is 5.63. The van der Waals surface area contributed by atoms with Gasteiger partial charge in [0.25, 0.3) is 0 Å². The van der Waals surface area contributed by atoms with Crippen LogP contribution in [0.2, 0.25) is 0 Å². The zero-order valence-electron chi connectivity index (χ0n) is 11.2. The predicted molar refractivity (Wildman–Crippen MR) is 68.6 cm³/mol. The molecule has 0 aliphatic carbocycles. The molecule has 1 N–H and O–H groups in total. The highest BCUT2D eigenvalue weighted by Crippen LogP contribution is 2.30.